The summed E-state index contributed by atoms with van der Waals surface area (Å²) in [6.45, 7) is 1.63. The summed E-state index contributed by atoms with van der Waals surface area (Å²) in [5.41, 5.74) is 5.80. The molecule has 3 aromatic rings. The van der Waals surface area contributed by atoms with E-state index in [1.54, 1.807) is 12.1 Å². The van der Waals surface area contributed by atoms with E-state index in [4.69, 9.17) is 0 Å². The monoisotopic (exact) mass is 368 g/mol. The van der Waals surface area contributed by atoms with E-state index < -0.39 is 11.8 Å². The molecule has 2 heterocycles. The molecule has 8 heteroatoms. The first kappa shape index (κ1) is 17.6. The molecule has 7 nitrogen and oxygen atoms in total. The first-order valence-corrected chi connectivity index (χ1v) is 8.64. The number of amides is 2. The standard InChI is InChI=1S/C18H16N4O3S/c1-12-19-16(13-7-3-2-4-8-13)17(26-12)18(25)21-20-14(23)11-22-10-6-5-9-15(22)24/h2-10H,11H2,1H3,(H,20,23)(H,21,25). The number of hydrazine groups is 1. The van der Waals surface area contributed by atoms with Crippen molar-refractivity contribution < 1.29 is 9.59 Å². The van der Waals surface area contributed by atoms with Gasteiger partial charge in [-0.2, -0.15) is 0 Å². The number of aromatic nitrogens is 2. The Morgan fingerprint density at radius 1 is 1.08 bits per heavy atom. The van der Waals surface area contributed by atoms with Gasteiger partial charge in [-0.05, 0) is 13.0 Å². The van der Waals surface area contributed by atoms with Gasteiger partial charge in [0.25, 0.3) is 17.4 Å². The summed E-state index contributed by atoms with van der Waals surface area (Å²) in [5.74, 6) is -0.961. The fourth-order valence-electron chi connectivity index (χ4n) is 2.34. The molecule has 1 aromatic carbocycles. The molecular weight excluding hydrogens is 352 g/mol. The molecule has 2 amide bonds. The summed E-state index contributed by atoms with van der Waals surface area (Å²) in [6, 6.07) is 14.0. The number of thiazole rings is 1. The summed E-state index contributed by atoms with van der Waals surface area (Å²) in [4.78, 5) is 40.8. The molecule has 0 spiro atoms. The number of nitrogens with one attached hydrogen (secondary N) is 2. The van der Waals surface area contributed by atoms with Crippen LogP contribution in [-0.2, 0) is 11.3 Å². The number of benzene rings is 1. The van der Waals surface area contributed by atoms with Crippen LogP contribution in [0.4, 0.5) is 0 Å². The molecule has 132 valence electrons. The third-order valence-electron chi connectivity index (χ3n) is 3.52. The lowest BCUT2D eigenvalue weighted by Crippen LogP contribution is -2.44. The molecule has 0 radical (unpaired) electrons. The van der Waals surface area contributed by atoms with Gasteiger partial charge in [-0.25, -0.2) is 4.98 Å². The van der Waals surface area contributed by atoms with Crippen LogP contribution in [0.5, 0.6) is 0 Å². The Kier molecular flexibility index (Phi) is 5.23. The number of rotatable bonds is 4. The van der Waals surface area contributed by atoms with Crippen LogP contribution in [0.25, 0.3) is 11.3 Å². The number of carbonyl (C=O) groups excluding carboxylic acids is 2. The van der Waals surface area contributed by atoms with Crippen LogP contribution in [-0.4, -0.2) is 21.4 Å². The maximum Gasteiger partial charge on any atom is 0.282 e. The topological polar surface area (TPSA) is 93.1 Å². The molecule has 2 N–H and O–H groups in total. The van der Waals surface area contributed by atoms with Gasteiger partial charge in [0.05, 0.1) is 10.7 Å². The fourth-order valence-corrected chi connectivity index (χ4v) is 3.18. The molecule has 0 aliphatic carbocycles. The van der Waals surface area contributed by atoms with Crippen LogP contribution in [0.2, 0.25) is 0 Å². The lowest BCUT2D eigenvalue weighted by molar-refractivity contribution is -0.122. The van der Waals surface area contributed by atoms with Gasteiger partial charge < -0.3 is 4.57 Å². The van der Waals surface area contributed by atoms with Crippen molar-refractivity contribution in [3.63, 3.8) is 0 Å². The Balaban J connectivity index is 1.68. The predicted octanol–water partition coefficient (Wildman–Crippen LogP) is 1.74. The van der Waals surface area contributed by atoms with E-state index in [0.29, 0.717) is 10.6 Å². The highest BCUT2D eigenvalue weighted by Gasteiger charge is 2.18. The Morgan fingerprint density at radius 2 is 1.81 bits per heavy atom. The van der Waals surface area contributed by atoms with Crippen LogP contribution in [0.3, 0.4) is 0 Å². The normalized spacial score (nSPS) is 10.3. The summed E-state index contributed by atoms with van der Waals surface area (Å²) >= 11 is 1.25. The maximum atomic E-state index is 12.5. The molecule has 0 unspecified atom stereocenters. The summed E-state index contributed by atoms with van der Waals surface area (Å²) < 4.78 is 1.24. The predicted molar refractivity (Wildman–Crippen MR) is 98.6 cm³/mol. The highest BCUT2D eigenvalue weighted by molar-refractivity contribution is 7.14. The van der Waals surface area contributed by atoms with E-state index in [0.717, 1.165) is 10.6 Å². The van der Waals surface area contributed by atoms with E-state index in [1.165, 1.54) is 28.2 Å². The smallest absolute Gasteiger partial charge is 0.282 e. The van der Waals surface area contributed by atoms with E-state index in [9.17, 15) is 14.4 Å². The second kappa shape index (κ2) is 7.75. The zero-order valence-corrected chi connectivity index (χ0v) is 14.7. The van der Waals surface area contributed by atoms with Gasteiger partial charge in [-0.3, -0.25) is 25.2 Å². The fraction of sp³-hybridized carbons (Fsp3) is 0.111. The number of aryl methyl sites for hydroxylation is 1. The third kappa shape index (κ3) is 4.04. The first-order valence-electron chi connectivity index (χ1n) is 7.82. The Labute approximate surface area is 153 Å². The van der Waals surface area contributed by atoms with Crippen molar-refractivity contribution in [3.8, 4) is 11.3 Å². The highest BCUT2D eigenvalue weighted by Crippen LogP contribution is 2.27. The summed E-state index contributed by atoms with van der Waals surface area (Å²) in [6.07, 6.45) is 1.50. The molecule has 0 aliphatic heterocycles. The number of nitrogens with zero attached hydrogens (tertiary/aromatic N) is 2. The van der Waals surface area contributed by atoms with Crippen molar-refractivity contribution in [1.82, 2.24) is 20.4 Å². The largest absolute Gasteiger partial charge is 0.306 e. The van der Waals surface area contributed by atoms with Crippen molar-refractivity contribution in [3.05, 3.63) is 75.0 Å². The quantitative estimate of drug-likeness (QED) is 0.686. The van der Waals surface area contributed by atoms with Crippen LogP contribution < -0.4 is 16.4 Å². The van der Waals surface area contributed by atoms with E-state index in [2.05, 4.69) is 15.8 Å². The molecule has 3 rings (SSSR count). The molecule has 26 heavy (non-hydrogen) atoms. The lowest BCUT2D eigenvalue weighted by atomic mass is 10.1. The summed E-state index contributed by atoms with van der Waals surface area (Å²) in [5, 5.41) is 0.746. The number of hydrogen-bond acceptors (Lipinski definition) is 5. The molecule has 2 aromatic heterocycles. The molecule has 0 saturated carbocycles. The van der Waals surface area contributed by atoms with E-state index in [1.807, 2.05) is 37.3 Å². The highest BCUT2D eigenvalue weighted by atomic mass is 32.1. The van der Waals surface area contributed by atoms with Gasteiger partial charge in [0.1, 0.15) is 11.4 Å². The molecule has 0 bridgehead atoms. The van der Waals surface area contributed by atoms with Crippen molar-refractivity contribution in [1.29, 1.82) is 0 Å². The zero-order valence-electron chi connectivity index (χ0n) is 13.9. The van der Waals surface area contributed by atoms with Gasteiger partial charge in [-0.1, -0.05) is 36.4 Å². The van der Waals surface area contributed by atoms with Crippen LogP contribution in [0, 0.1) is 6.92 Å². The van der Waals surface area contributed by atoms with Crippen molar-refractivity contribution in [2.75, 3.05) is 0 Å². The minimum absolute atomic E-state index is 0.187. The van der Waals surface area contributed by atoms with Crippen molar-refractivity contribution in [2.45, 2.75) is 13.5 Å². The Bertz CT molecular complexity index is 995. The van der Waals surface area contributed by atoms with Gasteiger partial charge in [-0.15, -0.1) is 11.3 Å². The third-order valence-corrected chi connectivity index (χ3v) is 4.49. The van der Waals surface area contributed by atoms with Gasteiger partial charge >= 0.3 is 0 Å². The average Bonchev–Trinajstić information content (AvgIpc) is 3.04. The summed E-state index contributed by atoms with van der Waals surface area (Å²) in [7, 11) is 0. The Morgan fingerprint density at radius 3 is 2.54 bits per heavy atom. The number of hydrogen-bond donors (Lipinski definition) is 2. The van der Waals surface area contributed by atoms with Crippen LogP contribution >= 0.6 is 11.3 Å². The van der Waals surface area contributed by atoms with Gasteiger partial charge in [0.15, 0.2) is 0 Å². The number of carbonyl (C=O) groups is 2. The van der Waals surface area contributed by atoms with Crippen LogP contribution in [0.1, 0.15) is 14.7 Å². The average molecular weight is 368 g/mol. The minimum atomic E-state index is -0.505. The van der Waals surface area contributed by atoms with Crippen LogP contribution in [0.15, 0.2) is 59.5 Å². The van der Waals surface area contributed by atoms with Gasteiger partial charge in [0.2, 0.25) is 0 Å². The first-order chi connectivity index (χ1) is 12.5. The molecule has 0 fully saturated rings. The van der Waals surface area contributed by atoms with Crippen molar-refractivity contribution in [2.24, 2.45) is 0 Å². The Hall–Kier alpha value is -3.26. The molecule has 0 aliphatic rings. The maximum absolute atomic E-state index is 12.5. The molecular formula is C18H16N4O3S. The number of pyridine rings is 1. The molecule has 0 saturated heterocycles. The minimum Gasteiger partial charge on any atom is -0.306 e. The second-order valence-corrected chi connectivity index (χ2v) is 6.65. The zero-order chi connectivity index (χ0) is 18.5. The lowest BCUT2D eigenvalue weighted by Gasteiger charge is -2.08. The van der Waals surface area contributed by atoms with E-state index >= 15 is 0 Å². The van der Waals surface area contributed by atoms with E-state index in [-0.39, 0.29) is 12.1 Å². The van der Waals surface area contributed by atoms with Crippen molar-refractivity contribution >= 4 is 23.2 Å². The SMILES string of the molecule is Cc1nc(-c2ccccc2)c(C(=O)NNC(=O)Cn2ccccc2=O)s1. The second-order valence-electron chi connectivity index (χ2n) is 5.45. The van der Waals surface area contributed by atoms with Gasteiger partial charge in [0, 0.05) is 17.8 Å². The molecule has 0 atom stereocenters.